The van der Waals surface area contributed by atoms with E-state index in [4.69, 9.17) is 0 Å². The third-order valence-electron chi connectivity index (χ3n) is 5.23. The molecule has 0 saturated heterocycles. The zero-order chi connectivity index (χ0) is 22.3. The van der Waals surface area contributed by atoms with E-state index in [0.29, 0.717) is 16.0 Å². The molecule has 3 aromatic rings. The van der Waals surface area contributed by atoms with Crippen LogP contribution in [0.2, 0.25) is 0 Å². The molecule has 1 saturated carbocycles. The largest absolute Gasteiger partial charge is 0.317 e. The lowest BCUT2D eigenvalue weighted by Crippen LogP contribution is -2.28. The van der Waals surface area contributed by atoms with E-state index < -0.39 is 20.9 Å². The van der Waals surface area contributed by atoms with Crippen LogP contribution in [0.25, 0.3) is 10.2 Å². The highest BCUT2D eigenvalue weighted by Gasteiger charge is 2.35. The van der Waals surface area contributed by atoms with Gasteiger partial charge in [-0.15, -0.1) is 0 Å². The van der Waals surface area contributed by atoms with E-state index in [-0.39, 0.29) is 22.2 Å². The number of hydrogen-bond donors (Lipinski definition) is 0. The summed E-state index contributed by atoms with van der Waals surface area (Å²) in [6.45, 7) is 2.43. The lowest BCUT2D eigenvalue weighted by molar-refractivity contribution is -0.384. The molecule has 1 heterocycles. The van der Waals surface area contributed by atoms with Gasteiger partial charge in [0.05, 0.1) is 20.0 Å². The minimum absolute atomic E-state index is 0.0251. The van der Waals surface area contributed by atoms with Crippen LogP contribution in [0, 0.1) is 10.1 Å². The van der Waals surface area contributed by atoms with Crippen LogP contribution in [0.4, 0.5) is 5.69 Å². The molecule has 9 nitrogen and oxygen atoms in total. The van der Waals surface area contributed by atoms with Crippen LogP contribution >= 0.6 is 11.3 Å². The van der Waals surface area contributed by atoms with Crippen molar-refractivity contribution >= 4 is 43.2 Å². The van der Waals surface area contributed by atoms with Crippen LogP contribution in [0.15, 0.2) is 52.4 Å². The Morgan fingerprint density at radius 3 is 2.52 bits per heavy atom. The van der Waals surface area contributed by atoms with E-state index in [1.54, 1.807) is 13.1 Å². The molecule has 2 aromatic carbocycles. The van der Waals surface area contributed by atoms with E-state index in [9.17, 15) is 23.3 Å². The van der Waals surface area contributed by atoms with Crippen LogP contribution in [-0.2, 0) is 16.6 Å². The van der Waals surface area contributed by atoms with Gasteiger partial charge in [-0.2, -0.15) is 9.30 Å². The molecule has 0 spiro atoms. The zero-order valence-electron chi connectivity index (χ0n) is 16.9. The van der Waals surface area contributed by atoms with Gasteiger partial charge < -0.3 is 4.57 Å². The number of aromatic nitrogens is 1. The minimum Gasteiger partial charge on any atom is -0.317 e. The fourth-order valence-corrected chi connectivity index (χ4v) is 5.83. The van der Waals surface area contributed by atoms with Gasteiger partial charge in [0.25, 0.3) is 11.6 Å². The summed E-state index contributed by atoms with van der Waals surface area (Å²) in [4.78, 5) is 28.0. The standard InChI is InChI=1S/C20H20N4O5S2/c1-3-23-17-11-8-15(24(26)27)12-18(17)30-20(23)21-19(25)13-4-9-16(10-5-13)31(28,29)22(2)14-6-7-14/h4-5,8-12,14H,3,6-7H2,1-2H3. The predicted octanol–water partition coefficient (Wildman–Crippen LogP) is 3.15. The number of amides is 1. The number of nitro benzene ring substituents is 1. The van der Waals surface area contributed by atoms with Gasteiger partial charge in [-0.1, -0.05) is 11.3 Å². The lowest BCUT2D eigenvalue weighted by Gasteiger charge is -2.16. The Bertz CT molecular complexity index is 1350. The minimum atomic E-state index is -3.58. The Kier molecular flexibility index (Phi) is 5.50. The highest BCUT2D eigenvalue weighted by molar-refractivity contribution is 7.89. The van der Waals surface area contributed by atoms with Crippen LogP contribution in [0.5, 0.6) is 0 Å². The van der Waals surface area contributed by atoms with Crippen LogP contribution in [-0.4, -0.2) is 41.2 Å². The lowest BCUT2D eigenvalue weighted by atomic mass is 10.2. The summed E-state index contributed by atoms with van der Waals surface area (Å²) in [5, 5.41) is 11.0. The van der Waals surface area contributed by atoms with Crippen LogP contribution in [0.3, 0.4) is 0 Å². The summed E-state index contributed by atoms with van der Waals surface area (Å²) < 4.78 is 29.1. The maximum absolute atomic E-state index is 12.7. The predicted molar refractivity (Wildman–Crippen MR) is 116 cm³/mol. The van der Waals surface area contributed by atoms with Crippen molar-refractivity contribution in [3.63, 3.8) is 0 Å². The molecule has 1 aliphatic carbocycles. The van der Waals surface area contributed by atoms with Crippen molar-refractivity contribution in [2.45, 2.75) is 37.2 Å². The highest BCUT2D eigenvalue weighted by atomic mass is 32.2. The maximum atomic E-state index is 12.7. The van der Waals surface area contributed by atoms with E-state index in [1.165, 1.54) is 52.0 Å². The summed E-state index contributed by atoms with van der Waals surface area (Å²) in [5.74, 6) is -0.511. The molecule has 162 valence electrons. The molecular formula is C20H20N4O5S2. The first-order valence-corrected chi connectivity index (χ1v) is 11.9. The highest BCUT2D eigenvalue weighted by Crippen LogP contribution is 2.30. The van der Waals surface area contributed by atoms with Crippen molar-refractivity contribution in [3.05, 3.63) is 62.9 Å². The molecule has 0 aliphatic heterocycles. The average Bonchev–Trinajstić information content (AvgIpc) is 3.54. The molecule has 0 radical (unpaired) electrons. The first-order valence-electron chi connectivity index (χ1n) is 9.67. The normalized spacial score (nSPS) is 15.0. The fourth-order valence-electron chi connectivity index (χ4n) is 3.29. The third-order valence-corrected chi connectivity index (χ3v) is 8.20. The van der Waals surface area contributed by atoms with Crippen LogP contribution < -0.4 is 4.80 Å². The Labute approximate surface area is 182 Å². The molecule has 0 bridgehead atoms. The van der Waals surface area contributed by atoms with Gasteiger partial charge in [0, 0.05) is 37.3 Å². The second-order valence-electron chi connectivity index (χ2n) is 7.23. The van der Waals surface area contributed by atoms with Crippen molar-refractivity contribution in [1.82, 2.24) is 8.87 Å². The SMILES string of the molecule is CCn1c(=NC(=O)c2ccc(S(=O)(=O)N(C)C3CC3)cc2)sc2cc([N+](=O)[O-])ccc21. The van der Waals surface area contributed by atoms with Crippen molar-refractivity contribution in [1.29, 1.82) is 0 Å². The molecule has 1 aliphatic rings. The van der Waals surface area contributed by atoms with Crippen LogP contribution in [0.1, 0.15) is 30.1 Å². The molecule has 1 fully saturated rings. The number of nitro groups is 1. The number of fused-ring (bicyclic) bond motifs is 1. The summed E-state index contributed by atoms with van der Waals surface area (Å²) in [6, 6.07) is 10.3. The van der Waals surface area contributed by atoms with Gasteiger partial charge in [-0.3, -0.25) is 14.9 Å². The summed E-state index contributed by atoms with van der Waals surface area (Å²) >= 11 is 1.19. The third kappa shape index (κ3) is 4.03. The Morgan fingerprint density at radius 1 is 1.26 bits per heavy atom. The number of carbonyl (C=O) groups excluding carboxylic acids is 1. The fraction of sp³-hybridized carbons (Fsp3) is 0.300. The first kappa shape index (κ1) is 21.3. The van der Waals surface area contributed by atoms with Crippen molar-refractivity contribution in [2.75, 3.05) is 7.05 Å². The topological polar surface area (TPSA) is 115 Å². The Balaban J connectivity index is 1.67. The average molecular weight is 461 g/mol. The Hall–Kier alpha value is -2.89. The molecule has 4 rings (SSSR count). The van der Waals surface area contributed by atoms with E-state index in [0.717, 1.165) is 18.4 Å². The molecule has 31 heavy (non-hydrogen) atoms. The molecule has 1 amide bonds. The quantitative estimate of drug-likeness (QED) is 0.414. The number of non-ortho nitro benzene ring substituents is 1. The van der Waals surface area contributed by atoms with Gasteiger partial charge in [0.2, 0.25) is 10.0 Å². The molecule has 11 heteroatoms. The number of benzene rings is 2. The molecule has 0 N–H and O–H groups in total. The van der Waals surface area contributed by atoms with E-state index >= 15 is 0 Å². The molecule has 1 aromatic heterocycles. The number of hydrogen-bond acceptors (Lipinski definition) is 6. The van der Waals surface area contributed by atoms with Gasteiger partial charge in [-0.05, 0) is 50.1 Å². The monoisotopic (exact) mass is 460 g/mol. The molecule has 0 unspecified atom stereocenters. The molecule has 0 atom stereocenters. The maximum Gasteiger partial charge on any atom is 0.279 e. The Morgan fingerprint density at radius 2 is 1.94 bits per heavy atom. The summed E-state index contributed by atoms with van der Waals surface area (Å²) in [6.07, 6.45) is 1.72. The number of rotatable bonds is 6. The zero-order valence-corrected chi connectivity index (χ0v) is 18.5. The number of thiazole rings is 1. The summed E-state index contributed by atoms with van der Waals surface area (Å²) in [7, 11) is -2.02. The smallest absolute Gasteiger partial charge is 0.279 e. The first-order chi connectivity index (χ1) is 14.7. The van der Waals surface area contributed by atoms with E-state index in [1.807, 2.05) is 11.5 Å². The second kappa shape index (κ2) is 7.98. The van der Waals surface area contributed by atoms with Gasteiger partial charge in [0.15, 0.2) is 4.80 Å². The summed E-state index contributed by atoms with van der Waals surface area (Å²) in [5.41, 5.74) is 0.996. The second-order valence-corrected chi connectivity index (χ2v) is 10.2. The number of aryl methyl sites for hydroxylation is 1. The molecular weight excluding hydrogens is 440 g/mol. The van der Waals surface area contributed by atoms with Crippen molar-refractivity contribution in [3.8, 4) is 0 Å². The number of carbonyl (C=O) groups is 1. The van der Waals surface area contributed by atoms with Crippen molar-refractivity contribution in [2.24, 2.45) is 4.99 Å². The van der Waals surface area contributed by atoms with E-state index in [2.05, 4.69) is 4.99 Å². The number of sulfonamides is 1. The van der Waals surface area contributed by atoms with Gasteiger partial charge in [0.1, 0.15) is 0 Å². The van der Waals surface area contributed by atoms with Gasteiger partial charge in [-0.25, -0.2) is 8.42 Å². The number of nitrogens with zero attached hydrogens (tertiary/aromatic N) is 4. The van der Waals surface area contributed by atoms with Crippen molar-refractivity contribution < 1.29 is 18.1 Å². The van der Waals surface area contributed by atoms with Gasteiger partial charge >= 0.3 is 0 Å².